The second-order valence-corrected chi connectivity index (χ2v) is 11.8. The highest BCUT2D eigenvalue weighted by Crippen LogP contribution is 2.37. The molecule has 0 spiro atoms. The summed E-state index contributed by atoms with van der Waals surface area (Å²) in [5.74, 6) is -1.37. The average Bonchev–Trinajstić information content (AvgIpc) is 3.07. The highest BCUT2D eigenvalue weighted by molar-refractivity contribution is 7.89. The van der Waals surface area contributed by atoms with E-state index in [1.165, 1.54) is 29.5 Å². The number of carbonyl (C=O) groups is 2. The number of nitrogens with zero attached hydrogens (tertiary/aromatic N) is 1. The lowest BCUT2D eigenvalue weighted by Gasteiger charge is -2.20. The molecule has 1 aromatic carbocycles. The number of hydrogen-bond acceptors (Lipinski definition) is 7. The summed E-state index contributed by atoms with van der Waals surface area (Å²) in [5.41, 5.74) is 1.37. The number of benzene rings is 1. The number of rotatable bonds is 6. The van der Waals surface area contributed by atoms with Crippen molar-refractivity contribution < 1.29 is 22.7 Å². The van der Waals surface area contributed by atoms with Gasteiger partial charge in [-0.3, -0.25) is 4.79 Å². The van der Waals surface area contributed by atoms with Gasteiger partial charge in [-0.25, -0.2) is 17.9 Å². The van der Waals surface area contributed by atoms with Crippen molar-refractivity contribution in [3.8, 4) is 6.07 Å². The van der Waals surface area contributed by atoms with Crippen molar-refractivity contribution in [2.45, 2.75) is 63.8 Å². The number of fused-ring (bicyclic) bond motifs is 1. The quantitative estimate of drug-likeness (QED) is 0.596. The Labute approximate surface area is 198 Å². The van der Waals surface area contributed by atoms with E-state index in [1.807, 2.05) is 0 Å². The number of nitrogens with one attached hydrogen (secondary N) is 2. The van der Waals surface area contributed by atoms with Gasteiger partial charge in [0.15, 0.2) is 6.61 Å². The lowest BCUT2D eigenvalue weighted by Crippen LogP contribution is -2.40. The molecule has 176 valence electrons. The first kappa shape index (κ1) is 24.9. The summed E-state index contributed by atoms with van der Waals surface area (Å²) in [6.07, 6.45) is 3.79. The van der Waals surface area contributed by atoms with E-state index in [0.29, 0.717) is 16.1 Å². The fourth-order valence-electron chi connectivity index (χ4n) is 3.59. The normalized spacial score (nSPS) is 13.7. The predicted octanol–water partition coefficient (Wildman–Crippen LogP) is 3.68. The average molecular weight is 490 g/mol. The number of sulfonamides is 1. The third kappa shape index (κ3) is 5.99. The molecule has 0 fully saturated rings. The van der Waals surface area contributed by atoms with Gasteiger partial charge < -0.3 is 10.1 Å². The Hall–Kier alpha value is -2.74. The highest BCUT2D eigenvalue weighted by atomic mass is 32.2. The summed E-state index contributed by atoms with van der Waals surface area (Å²) < 4.78 is 32.9. The van der Waals surface area contributed by atoms with Crippen molar-refractivity contribution in [3.05, 3.63) is 45.3 Å². The number of amides is 1. The van der Waals surface area contributed by atoms with E-state index >= 15 is 0 Å². The van der Waals surface area contributed by atoms with Crippen LogP contribution in [0, 0.1) is 18.3 Å². The van der Waals surface area contributed by atoms with Gasteiger partial charge in [0, 0.05) is 10.4 Å². The molecule has 0 bridgehead atoms. The summed E-state index contributed by atoms with van der Waals surface area (Å²) in [5, 5.41) is 12.7. The van der Waals surface area contributed by atoms with Crippen LogP contribution in [0.15, 0.2) is 23.1 Å². The molecule has 8 nitrogen and oxygen atoms in total. The molecule has 2 N–H and O–H groups in total. The van der Waals surface area contributed by atoms with Crippen LogP contribution >= 0.6 is 11.3 Å². The molecule has 3 rings (SSSR count). The van der Waals surface area contributed by atoms with Gasteiger partial charge in [0.25, 0.3) is 5.91 Å². The third-order valence-corrected chi connectivity index (χ3v) is 8.01. The number of esters is 1. The first-order chi connectivity index (χ1) is 15.4. The molecule has 0 saturated carbocycles. The van der Waals surface area contributed by atoms with Gasteiger partial charge in [-0.15, -0.1) is 11.3 Å². The van der Waals surface area contributed by atoms with E-state index in [1.54, 1.807) is 27.7 Å². The lowest BCUT2D eigenvalue weighted by molar-refractivity contribution is -0.119. The van der Waals surface area contributed by atoms with Gasteiger partial charge in [0.2, 0.25) is 10.0 Å². The fourth-order valence-corrected chi connectivity index (χ4v) is 6.29. The summed E-state index contributed by atoms with van der Waals surface area (Å²) in [4.78, 5) is 26.0. The Morgan fingerprint density at radius 2 is 1.91 bits per heavy atom. The molecule has 0 radical (unpaired) electrons. The summed E-state index contributed by atoms with van der Waals surface area (Å²) in [6, 6.07) is 6.34. The van der Waals surface area contributed by atoms with Crippen molar-refractivity contribution in [1.82, 2.24) is 4.72 Å². The maximum Gasteiger partial charge on any atom is 0.338 e. The molecule has 1 heterocycles. The Morgan fingerprint density at radius 1 is 1.21 bits per heavy atom. The van der Waals surface area contributed by atoms with Gasteiger partial charge in [-0.1, -0.05) is 6.07 Å². The van der Waals surface area contributed by atoms with Crippen LogP contribution in [0.25, 0.3) is 0 Å². The zero-order valence-electron chi connectivity index (χ0n) is 19.1. The minimum atomic E-state index is -3.84. The van der Waals surface area contributed by atoms with Crippen molar-refractivity contribution in [2.75, 3.05) is 11.9 Å². The number of carbonyl (C=O) groups excluding carboxylic acids is 2. The number of anilines is 1. The molecule has 0 unspecified atom stereocenters. The van der Waals surface area contributed by atoms with Crippen LogP contribution in [0.2, 0.25) is 0 Å². The van der Waals surface area contributed by atoms with Crippen LogP contribution in [-0.2, 0) is 32.4 Å². The minimum absolute atomic E-state index is 0.0592. The van der Waals surface area contributed by atoms with E-state index in [0.717, 1.165) is 36.1 Å². The molecule has 0 atom stereocenters. The largest absolute Gasteiger partial charge is 0.452 e. The molecule has 10 heteroatoms. The van der Waals surface area contributed by atoms with E-state index in [9.17, 15) is 23.3 Å². The lowest BCUT2D eigenvalue weighted by atomic mass is 9.96. The van der Waals surface area contributed by atoms with Crippen molar-refractivity contribution >= 4 is 38.2 Å². The van der Waals surface area contributed by atoms with Crippen molar-refractivity contribution in [1.29, 1.82) is 5.26 Å². The summed E-state index contributed by atoms with van der Waals surface area (Å²) in [7, 11) is -3.84. The Morgan fingerprint density at radius 3 is 2.58 bits per heavy atom. The van der Waals surface area contributed by atoms with Crippen LogP contribution in [0.4, 0.5) is 5.00 Å². The first-order valence-corrected chi connectivity index (χ1v) is 12.9. The van der Waals surface area contributed by atoms with Gasteiger partial charge in [0.05, 0.1) is 16.0 Å². The van der Waals surface area contributed by atoms with E-state index in [2.05, 4.69) is 16.1 Å². The zero-order valence-corrected chi connectivity index (χ0v) is 20.7. The van der Waals surface area contributed by atoms with E-state index in [-0.39, 0.29) is 10.5 Å². The van der Waals surface area contributed by atoms with E-state index < -0.39 is 34.0 Å². The van der Waals surface area contributed by atoms with Crippen molar-refractivity contribution in [3.63, 3.8) is 0 Å². The summed E-state index contributed by atoms with van der Waals surface area (Å²) >= 11 is 1.39. The highest BCUT2D eigenvalue weighted by Gasteiger charge is 2.25. The predicted molar refractivity (Wildman–Crippen MR) is 126 cm³/mol. The molecular weight excluding hydrogens is 462 g/mol. The minimum Gasteiger partial charge on any atom is -0.452 e. The van der Waals surface area contributed by atoms with Gasteiger partial charge in [0.1, 0.15) is 11.1 Å². The Bertz CT molecular complexity index is 1230. The standard InChI is InChI=1S/C23H27N3O5S2/c1-14-9-10-15(33(29,30)26-23(2,3)4)11-17(14)22(28)31-13-20(27)25-21-18(12-24)16-7-5-6-8-19(16)32-21/h9-11,26H,5-8,13H2,1-4H3,(H,25,27). The molecule has 1 aliphatic carbocycles. The molecule has 2 aromatic rings. The molecule has 1 amide bonds. The smallest absolute Gasteiger partial charge is 0.338 e. The summed E-state index contributed by atoms with van der Waals surface area (Å²) in [6.45, 7) is 6.25. The second kappa shape index (κ2) is 9.63. The van der Waals surface area contributed by atoms with Gasteiger partial charge >= 0.3 is 5.97 Å². The zero-order chi connectivity index (χ0) is 24.4. The first-order valence-electron chi connectivity index (χ1n) is 10.6. The maximum absolute atomic E-state index is 12.6. The molecular formula is C23H27N3O5S2. The SMILES string of the molecule is Cc1ccc(S(=O)(=O)NC(C)(C)C)cc1C(=O)OCC(=O)Nc1sc2c(c1C#N)CCCC2. The Kier molecular flexibility index (Phi) is 7.26. The number of ether oxygens (including phenoxy) is 1. The van der Waals surface area contributed by atoms with Crippen LogP contribution in [-0.4, -0.2) is 32.4 Å². The topological polar surface area (TPSA) is 125 Å². The number of aryl methyl sites for hydroxylation is 2. The molecule has 1 aromatic heterocycles. The number of nitriles is 1. The molecule has 0 aliphatic heterocycles. The monoisotopic (exact) mass is 489 g/mol. The van der Waals surface area contributed by atoms with Crippen LogP contribution in [0.3, 0.4) is 0 Å². The Balaban J connectivity index is 1.69. The second-order valence-electron chi connectivity index (χ2n) is 8.98. The molecule has 33 heavy (non-hydrogen) atoms. The number of hydrogen-bond donors (Lipinski definition) is 2. The van der Waals surface area contributed by atoms with Crippen molar-refractivity contribution in [2.24, 2.45) is 0 Å². The molecule has 0 saturated heterocycles. The molecule has 1 aliphatic rings. The van der Waals surface area contributed by atoms with Gasteiger partial charge in [-0.05, 0) is 76.6 Å². The number of thiophene rings is 1. The maximum atomic E-state index is 12.6. The van der Waals surface area contributed by atoms with Crippen LogP contribution in [0.1, 0.15) is 65.5 Å². The van der Waals surface area contributed by atoms with Gasteiger partial charge in [-0.2, -0.15) is 5.26 Å². The van der Waals surface area contributed by atoms with Crippen LogP contribution < -0.4 is 10.0 Å². The fraction of sp³-hybridized carbons (Fsp3) is 0.435. The third-order valence-electron chi connectivity index (χ3n) is 5.05. The van der Waals surface area contributed by atoms with Crippen LogP contribution in [0.5, 0.6) is 0 Å². The van der Waals surface area contributed by atoms with E-state index in [4.69, 9.17) is 4.74 Å².